The smallest absolute Gasteiger partial charge is 0.270 e. The van der Waals surface area contributed by atoms with Gasteiger partial charge in [-0.15, -0.1) is 0 Å². The monoisotopic (exact) mass is 498 g/mol. The van der Waals surface area contributed by atoms with Crippen molar-refractivity contribution in [1.82, 2.24) is 25.7 Å². The number of hydrogen-bond donors (Lipinski definition) is 3. The highest BCUT2D eigenvalue weighted by Crippen LogP contribution is 2.23. The number of nitro groups is 1. The van der Waals surface area contributed by atoms with Gasteiger partial charge in [-0.3, -0.25) is 24.4 Å². The van der Waals surface area contributed by atoms with E-state index in [0.717, 1.165) is 12.1 Å². The van der Waals surface area contributed by atoms with E-state index < -0.39 is 33.9 Å². The van der Waals surface area contributed by atoms with Gasteiger partial charge in [-0.2, -0.15) is 5.10 Å². The highest BCUT2D eigenvalue weighted by molar-refractivity contribution is 5.91. The van der Waals surface area contributed by atoms with E-state index >= 15 is 0 Å². The lowest BCUT2D eigenvalue weighted by atomic mass is 9.87. The fourth-order valence-electron chi connectivity index (χ4n) is 4.11. The molecule has 3 N–H and O–H groups in total. The van der Waals surface area contributed by atoms with Gasteiger partial charge in [0.05, 0.1) is 10.6 Å². The van der Waals surface area contributed by atoms with Crippen LogP contribution in [0.1, 0.15) is 18.4 Å². The summed E-state index contributed by atoms with van der Waals surface area (Å²) in [6, 6.07) is 10.8. The van der Waals surface area contributed by atoms with Gasteiger partial charge in [0.1, 0.15) is 23.7 Å². The van der Waals surface area contributed by atoms with Crippen LogP contribution < -0.4 is 16.0 Å². The Morgan fingerprint density at radius 2 is 1.92 bits per heavy atom. The summed E-state index contributed by atoms with van der Waals surface area (Å²) in [7, 11) is 0. The minimum atomic E-state index is -1.20. The Hall–Kier alpha value is -4.19. The molecule has 2 heterocycles. The molecule has 3 aromatic rings. The van der Waals surface area contributed by atoms with Crippen molar-refractivity contribution in [2.24, 2.45) is 0 Å². The molecule has 0 bridgehead atoms. The maximum absolute atomic E-state index is 14.0. The third-order valence-electron chi connectivity index (χ3n) is 6.02. The molecule has 0 saturated carbocycles. The van der Waals surface area contributed by atoms with Crippen LogP contribution in [0.25, 0.3) is 11.3 Å². The van der Waals surface area contributed by atoms with E-state index in [1.165, 1.54) is 22.9 Å². The Morgan fingerprint density at radius 1 is 1.14 bits per heavy atom. The normalized spacial score (nSPS) is 14.7. The van der Waals surface area contributed by atoms with Crippen LogP contribution in [0.4, 0.5) is 14.5 Å². The summed E-state index contributed by atoms with van der Waals surface area (Å²) in [6.45, 7) is 0.667. The number of amides is 2. The Labute approximate surface area is 204 Å². The topological polar surface area (TPSA) is 131 Å². The van der Waals surface area contributed by atoms with Crippen LogP contribution in [0.2, 0.25) is 0 Å². The molecule has 188 valence electrons. The number of carbonyl (C=O) groups is 2. The van der Waals surface area contributed by atoms with Crippen LogP contribution in [0.3, 0.4) is 0 Å². The molecule has 1 fully saturated rings. The summed E-state index contributed by atoms with van der Waals surface area (Å²) >= 11 is 0. The second-order valence-electron chi connectivity index (χ2n) is 8.50. The molecule has 0 radical (unpaired) electrons. The summed E-state index contributed by atoms with van der Waals surface area (Å²) in [5, 5.41) is 24.0. The van der Waals surface area contributed by atoms with E-state index in [0.29, 0.717) is 37.2 Å². The van der Waals surface area contributed by atoms with Gasteiger partial charge in [-0.05, 0) is 38.1 Å². The van der Waals surface area contributed by atoms with E-state index in [2.05, 4.69) is 21.0 Å². The average molecular weight is 498 g/mol. The molecule has 2 amide bonds. The average Bonchev–Trinajstić information content (AvgIpc) is 3.32. The van der Waals surface area contributed by atoms with E-state index in [-0.39, 0.29) is 24.3 Å². The Bertz CT molecular complexity index is 1290. The molecule has 1 aromatic heterocycles. The van der Waals surface area contributed by atoms with Crippen LogP contribution >= 0.6 is 0 Å². The number of halogens is 2. The van der Waals surface area contributed by atoms with Crippen molar-refractivity contribution in [3.63, 3.8) is 0 Å². The van der Waals surface area contributed by atoms with Gasteiger partial charge in [-0.1, -0.05) is 18.2 Å². The van der Waals surface area contributed by atoms with Gasteiger partial charge >= 0.3 is 0 Å². The number of piperidine rings is 1. The van der Waals surface area contributed by atoms with E-state index in [9.17, 15) is 28.5 Å². The molecule has 36 heavy (non-hydrogen) atoms. The number of nitro benzene ring substituents is 1. The first-order valence-electron chi connectivity index (χ1n) is 11.3. The van der Waals surface area contributed by atoms with E-state index in [1.54, 1.807) is 24.4 Å². The maximum Gasteiger partial charge on any atom is 0.270 e. The van der Waals surface area contributed by atoms with Gasteiger partial charge < -0.3 is 16.0 Å². The number of nitrogens with zero attached hydrogens (tertiary/aromatic N) is 3. The molecule has 10 nitrogen and oxygen atoms in total. The minimum Gasteiger partial charge on any atom is -0.350 e. The van der Waals surface area contributed by atoms with Crippen molar-refractivity contribution in [2.75, 3.05) is 13.1 Å². The van der Waals surface area contributed by atoms with Gasteiger partial charge in [-0.25, -0.2) is 8.78 Å². The molecule has 2 aromatic carbocycles. The standard InChI is InChI=1S/C24H24F2N6O4/c25-18-5-4-17(20(26)13-18)14-28-23(34)24(7-9-27-10-8-24)29-22(33)15-31-11-6-21(30-31)16-2-1-3-19(12-16)32(35)36/h1-6,11-13,27H,7-10,14-15H2,(H,28,34)(H,29,33). The number of benzene rings is 2. The maximum atomic E-state index is 14.0. The number of nitrogens with one attached hydrogen (secondary N) is 3. The first-order chi connectivity index (χ1) is 17.3. The summed E-state index contributed by atoms with van der Waals surface area (Å²) < 4.78 is 28.5. The molecule has 0 aliphatic carbocycles. The number of carbonyl (C=O) groups excluding carboxylic acids is 2. The van der Waals surface area contributed by atoms with Crippen LogP contribution in [0, 0.1) is 21.7 Å². The molecule has 0 atom stereocenters. The molecule has 12 heteroatoms. The fraction of sp³-hybridized carbons (Fsp3) is 0.292. The number of hydrogen-bond acceptors (Lipinski definition) is 6. The quantitative estimate of drug-likeness (QED) is 0.323. The highest BCUT2D eigenvalue weighted by Gasteiger charge is 2.40. The third-order valence-corrected chi connectivity index (χ3v) is 6.02. The zero-order valence-electron chi connectivity index (χ0n) is 19.2. The second kappa shape index (κ2) is 10.6. The largest absolute Gasteiger partial charge is 0.350 e. The van der Waals surface area contributed by atoms with Crippen molar-refractivity contribution < 1.29 is 23.3 Å². The van der Waals surface area contributed by atoms with Crippen LogP contribution in [0.5, 0.6) is 0 Å². The SMILES string of the molecule is O=C(Cn1ccc(-c2cccc([N+](=O)[O-])c2)n1)NC1(C(=O)NCc2ccc(F)cc2F)CCNCC1. The van der Waals surface area contributed by atoms with Crippen molar-refractivity contribution in [2.45, 2.75) is 31.5 Å². The Morgan fingerprint density at radius 3 is 2.64 bits per heavy atom. The van der Waals surface area contributed by atoms with Crippen LogP contribution in [-0.2, 0) is 22.7 Å². The van der Waals surface area contributed by atoms with Crippen molar-refractivity contribution in [3.05, 3.63) is 82.0 Å². The predicted octanol–water partition coefficient (Wildman–Crippen LogP) is 2.29. The molecule has 4 rings (SSSR count). The predicted molar refractivity (Wildman–Crippen MR) is 125 cm³/mol. The molecule has 1 aliphatic rings. The fourth-order valence-corrected chi connectivity index (χ4v) is 4.11. The van der Waals surface area contributed by atoms with Crippen molar-refractivity contribution in [3.8, 4) is 11.3 Å². The number of aromatic nitrogens is 2. The summed E-state index contributed by atoms with van der Waals surface area (Å²) in [4.78, 5) is 36.5. The second-order valence-corrected chi connectivity index (χ2v) is 8.50. The Kier molecular flexibility index (Phi) is 7.34. The molecule has 0 spiro atoms. The first kappa shape index (κ1) is 24.9. The first-order valence-corrected chi connectivity index (χ1v) is 11.3. The molecular weight excluding hydrogens is 474 g/mol. The van der Waals surface area contributed by atoms with Gasteiger partial charge in [0.15, 0.2) is 0 Å². The van der Waals surface area contributed by atoms with Crippen LogP contribution in [-0.4, -0.2) is 45.1 Å². The van der Waals surface area contributed by atoms with Crippen molar-refractivity contribution in [1.29, 1.82) is 0 Å². The lowest BCUT2D eigenvalue weighted by molar-refractivity contribution is -0.384. The minimum absolute atomic E-state index is 0.0702. The zero-order chi connectivity index (χ0) is 25.7. The van der Waals surface area contributed by atoms with E-state index in [4.69, 9.17) is 0 Å². The van der Waals surface area contributed by atoms with Gasteiger partial charge in [0.25, 0.3) is 5.69 Å². The molecule has 1 saturated heterocycles. The highest BCUT2D eigenvalue weighted by atomic mass is 19.1. The summed E-state index contributed by atoms with van der Waals surface area (Å²) in [6.07, 6.45) is 2.23. The Balaban J connectivity index is 1.43. The van der Waals surface area contributed by atoms with Gasteiger partial charge in [0, 0.05) is 42.1 Å². The lowest BCUT2D eigenvalue weighted by Crippen LogP contribution is -2.63. The summed E-state index contributed by atoms with van der Waals surface area (Å²) in [5.74, 6) is -2.39. The lowest BCUT2D eigenvalue weighted by Gasteiger charge is -2.37. The third kappa shape index (κ3) is 5.71. The zero-order valence-corrected chi connectivity index (χ0v) is 19.2. The number of non-ortho nitro benzene ring substituents is 1. The number of rotatable bonds is 8. The molecular formula is C24H24F2N6O4. The van der Waals surface area contributed by atoms with Crippen molar-refractivity contribution >= 4 is 17.5 Å². The van der Waals surface area contributed by atoms with Crippen LogP contribution in [0.15, 0.2) is 54.7 Å². The van der Waals surface area contributed by atoms with Gasteiger partial charge in [0.2, 0.25) is 11.8 Å². The molecule has 0 unspecified atom stereocenters. The van der Waals surface area contributed by atoms with E-state index in [1.807, 2.05) is 0 Å². The summed E-state index contributed by atoms with van der Waals surface area (Å²) in [5.41, 5.74) is -0.146. The molecule has 1 aliphatic heterocycles.